The van der Waals surface area contributed by atoms with E-state index < -0.39 is 40.6 Å². The fraction of sp³-hybridized carbons (Fsp3) is 0.185. The van der Waals surface area contributed by atoms with Gasteiger partial charge in [0.15, 0.2) is 0 Å². The molecule has 0 saturated carbocycles. The molecule has 0 radical (unpaired) electrons. The smallest absolute Gasteiger partial charge is 0.308 e. The third-order valence-electron chi connectivity index (χ3n) is 6.62. The van der Waals surface area contributed by atoms with Gasteiger partial charge in [-0.2, -0.15) is 0 Å². The van der Waals surface area contributed by atoms with Crippen molar-refractivity contribution in [2.45, 2.75) is 29.7 Å². The van der Waals surface area contributed by atoms with Crippen LogP contribution in [0.1, 0.15) is 22.1 Å². The molecule has 3 atom stereocenters. The number of aryl methyl sites for hydroxylation is 1. The van der Waals surface area contributed by atoms with Crippen LogP contribution in [-0.2, 0) is 20.9 Å². The Morgan fingerprint density at radius 3 is 2.45 bits per heavy atom. The first-order chi connectivity index (χ1) is 18.3. The highest BCUT2D eigenvalue weighted by atomic mass is 32.2. The molecule has 38 heavy (non-hydrogen) atoms. The predicted molar refractivity (Wildman–Crippen MR) is 141 cm³/mol. The molecule has 2 aromatic heterocycles. The fourth-order valence-electron chi connectivity index (χ4n) is 4.86. The van der Waals surface area contributed by atoms with Gasteiger partial charge in [0.1, 0.15) is 23.4 Å². The molecule has 1 fully saturated rings. The maximum Gasteiger partial charge on any atom is 0.308 e. The van der Waals surface area contributed by atoms with E-state index in [1.807, 2.05) is 19.1 Å². The lowest BCUT2D eigenvalue weighted by molar-refractivity contribution is -0.122. The molecular weight excluding hydrogens is 529 g/mol. The molecule has 0 aliphatic carbocycles. The lowest BCUT2D eigenvalue weighted by atomic mass is 9.87. The number of amides is 3. The summed E-state index contributed by atoms with van der Waals surface area (Å²) in [6.07, 6.45) is 1.47. The maximum absolute atomic E-state index is 13.7. The molecule has 0 spiro atoms. The second-order valence-electron chi connectivity index (χ2n) is 9.08. The zero-order valence-electron chi connectivity index (χ0n) is 19.9. The van der Waals surface area contributed by atoms with Crippen LogP contribution in [0.5, 0.6) is 0 Å². The number of thiazole rings is 1. The van der Waals surface area contributed by atoms with E-state index in [1.54, 1.807) is 24.3 Å². The maximum atomic E-state index is 13.7. The van der Waals surface area contributed by atoms with Crippen molar-refractivity contribution in [1.82, 2.24) is 4.57 Å². The first-order valence-corrected chi connectivity index (χ1v) is 13.4. The number of benzene rings is 2. The quantitative estimate of drug-likeness (QED) is 0.371. The van der Waals surface area contributed by atoms with E-state index in [1.165, 1.54) is 35.1 Å². The largest absolute Gasteiger partial charge is 0.469 e. The highest BCUT2D eigenvalue weighted by molar-refractivity contribution is 8.00. The second kappa shape index (κ2) is 9.41. The minimum Gasteiger partial charge on any atom is -0.469 e. The predicted octanol–water partition coefficient (Wildman–Crippen LogP) is 4.38. The number of aromatic nitrogens is 1. The van der Waals surface area contributed by atoms with Gasteiger partial charge >= 0.3 is 4.87 Å². The van der Waals surface area contributed by atoms with Gasteiger partial charge in [-0.1, -0.05) is 40.8 Å². The molecule has 2 aliphatic rings. The van der Waals surface area contributed by atoms with Crippen LogP contribution < -0.4 is 15.1 Å². The van der Waals surface area contributed by atoms with Crippen LogP contribution in [0.2, 0.25) is 0 Å². The first-order valence-electron chi connectivity index (χ1n) is 11.8. The number of thioether (sulfide) groups is 1. The van der Waals surface area contributed by atoms with E-state index >= 15 is 0 Å². The van der Waals surface area contributed by atoms with Crippen LogP contribution >= 0.6 is 23.1 Å². The van der Waals surface area contributed by atoms with Crippen molar-refractivity contribution < 1.29 is 23.2 Å². The van der Waals surface area contributed by atoms with Crippen molar-refractivity contribution >= 4 is 52.2 Å². The molecule has 1 N–H and O–H groups in total. The van der Waals surface area contributed by atoms with Gasteiger partial charge in [0.05, 0.1) is 33.7 Å². The Bertz CT molecular complexity index is 1610. The Morgan fingerprint density at radius 2 is 1.76 bits per heavy atom. The molecule has 4 heterocycles. The number of carbonyl (C=O) groups is 3. The van der Waals surface area contributed by atoms with Crippen LogP contribution in [-0.4, -0.2) is 27.5 Å². The van der Waals surface area contributed by atoms with E-state index in [0.717, 1.165) is 33.6 Å². The number of carbonyl (C=O) groups excluding carboxylic acids is 3. The summed E-state index contributed by atoms with van der Waals surface area (Å²) in [6.45, 7) is 1.69. The van der Waals surface area contributed by atoms with E-state index in [9.17, 15) is 23.6 Å². The normalized spacial score (nSPS) is 20.4. The second-order valence-corrected chi connectivity index (χ2v) is 11.2. The summed E-state index contributed by atoms with van der Waals surface area (Å²) in [7, 11) is 0. The van der Waals surface area contributed by atoms with Crippen LogP contribution in [0.25, 0.3) is 0 Å². The van der Waals surface area contributed by atoms with Crippen LogP contribution in [0.15, 0.2) is 81.2 Å². The molecule has 0 bridgehead atoms. The molecule has 11 heteroatoms. The number of furan rings is 1. The van der Waals surface area contributed by atoms with Crippen molar-refractivity contribution in [3.05, 3.63) is 98.6 Å². The Kier molecular flexibility index (Phi) is 6.04. The molecule has 192 valence electrons. The Balaban J connectivity index is 1.38. The fourth-order valence-corrected chi connectivity index (χ4v) is 7.61. The number of hydrogen-bond donors (Lipinski definition) is 1. The number of imide groups is 1. The van der Waals surface area contributed by atoms with Crippen molar-refractivity contribution in [1.29, 1.82) is 0 Å². The summed E-state index contributed by atoms with van der Waals surface area (Å²) >= 11 is 2.04. The topological polar surface area (TPSA) is 102 Å². The summed E-state index contributed by atoms with van der Waals surface area (Å²) < 4.78 is 20.5. The van der Waals surface area contributed by atoms with Crippen LogP contribution in [0.4, 0.5) is 15.8 Å². The van der Waals surface area contributed by atoms with Gasteiger partial charge in [0.2, 0.25) is 17.7 Å². The molecule has 0 unspecified atom stereocenters. The summed E-state index contributed by atoms with van der Waals surface area (Å²) in [4.78, 5) is 54.5. The van der Waals surface area contributed by atoms with Gasteiger partial charge in [-0.3, -0.25) is 23.7 Å². The molecule has 1 saturated heterocycles. The van der Waals surface area contributed by atoms with Crippen molar-refractivity contribution in [2.75, 3.05) is 10.2 Å². The van der Waals surface area contributed by atoms with Crippen molar-refractivity contribution in [3.8, 4) is 0 Å². The standard InChI is InChI=1S/C27H20FN3O5S2/c1-14-4-8-16(9-5-14)29-19(32)13-30-26-23(38-27(30)35)20(18-3-2-12-36-18)21-22(37-26)25(34)31(24(21)33)17-10-6-15(28)7-11-17/h2-12,20-22H,13H2,1H3,(H,29,32)/t20-,21-,22+/m0/s1. The highest BCUT2D eigenvalue weighted by Gasteiger charge is 2.57. The summed E-state index contributed by atoms with van der Waals surface area (Å²) in [5.74, 6) is -2.86. The lowest BCUT2D eigenvalue weighted by Crippen LogP contribution is -2.32. The van der Waals surface area contributed by atoms with Gasteiger partial charge in [-0.15, -0.1) is 0 Å². The van der Waals surface area contributed by atoms with Crippen LogP contribution in [0, 0.1) is 18.7 Å². The molecule has 4 aromatic rings. The van der Waals surface area contributed by atoms with Crippen LogP contribution in [0.3, 0.4) is 0 Å². The summed E-state index contributed by atoms with van der Waals surface area (Å²) in [5, 5.41) is 2.40. The Labute approximate surface area is 224 Å². The number of anilines is 2. The van der Waals surface area contributed by atoms with Gasteiger partial charge in [0.25, 0.3) is 0 Å². The van der Waals surface area contributed by atoms with E-state index in [0.29, 0.717) is 21.4 Å². The number of rotatable bonds is 5. The molecular formula is C27H20FN3O5S2. The third kappa shape index (κ3) is 4.07. The SMILES string of the molecule is Cc1ccc(NC(=O)Cn2c3c(sc2=O)[C@@H](c2ccco2)[C@@H]2C(=O)N(c4ccc(F)cc4)C(=O)[C@@H]2S3)cc1. The zero-order chi connectivity index (χ0) is 26.6. The number of nitrogens with one attached hydrogen (secondary N) is 1. The number of nitrogens with zero attached hydrogens (tertiary/aromatic N) is 2. The van der Waals surface area contributed by atoms with Gasteiger partial charge in [-0.25, -0.2) is 9.29 Å². The van der Waals surface area contributed by atoms with Crippen molar-refractivity contribution in [3.63, 3.8) is 0 Å². The van der Waals surface area contributed by atoms with Crippen molar-refractivity contribution in [2.24, 2.45) is 5.92 Å². The van der Waals surface area contributed by atoms with E-state index in [-0.39, 0.29) is 17.1 Å². The summed E-state index contributed by atoms with van der Waals surface area (Å²) in [5.41, 5.74) is 1.92. The monoisotopic (exact) mass is 549 g/mol. The van der Waals surface area contributed by atoms with Gasteiger partial charge in [-0.05, 0) is 55.5 Å². The minimum absolute atomic E-state index is 0.252. The van der Waals surface area contributed by atoms with Gasteiger partial charge in [0, 0.05) is 5.69 Å². The molecule has 2 aliphatic heterocycles. The summed E-state index contributed by atoms with van der Waals surface area (Å²) in [6, 6.07) is 15.8. The zero-order valence-corrected chi connectivity index (χ0v) is 21.6. The Hall–Kier alpha value is -3.96. The molecule has 3 amide bonds. The highest BCUT2D eigenvalue weighted by Crippen LogP contribution is 2.53. The number of hydrogen-bond acceptors (Lipinski definition) is 7. The first kappa shape index (κ1) is 24.4. The minimum atomic E-state index is -0.851. The van der Waals surface area contributed by atoms with Gasteiger partial charge < -0.3 is 9.73 Å². The molecule has 2 aromatic carbocycles. The average Bonchev–Trinajstić information content (AvgIpc) is 3.59. The third-order valence-corrected chi connectivity index (χ3v) is 9.22. The Morgan fingerprint density at radius 1 is 1.03 bits per heavy atom. The lowest BCUT2D eigenvalue weighted by Gasteiger charge is -2.29. The molecule has 8 nitrogen and oxygen atoms in total. The molecule has 6 rings (SSSR count). The number of halogens is 1. The number of fused-ring (bicyclic) bond motifs is 2. The van der Waals surface area contributed by atoms with E-state index in [4.69, 9.17) is 4.42 Å². The average molecular weight is 550 g/mol. The van der Waals surface area contributed by atoms with E-state index in [2.05, 4.69) is 5.32 Å².